The molecule has 0 aliphatic heterocycles. The Labute approximate surface area is 184 Å². The van der Waals surface area contributed by atoms with E-state index in [0.29, 0.717) is 33.4 Å². The number of methoxy groups -OCH3 is 2. The summed E-state index contributed by atoms with van der Waals surface area (Å²) >= 11 is 1.24. The summed E-state index contributed by atoms with van der Waals surface area (Å²) in [6.07, 6.45) is 2.02. The van der Waals surface area contributed by atoms with Gasteiger partial charge in [-0.1, -0.05) is 11.8 Å². The number of benzene rings is 1. The topological polar surface area (TPSA) is 95.3 Å². The van der Waals surface area contributed by atoms with Gasteiger partial charge >= 0.3 is 0 Å². The Morgan fingerprint density at radius 2 is 1.81 bits per heavy atom. The van der Waals surface area contributed by atoms with Crippen LogP contribution in [0.25, 0.3) is 11.0 Å². The van der Waals surface area contributed by atoms with Gasteiger partial charge in [0.05, 0.1) is 25.4 Å². The number of carbonyl (C=O) groups excluding carboxylic acids is 1. The van der Waals surface area contributed by atoms with E-state index in [2.05, 4.69) is 15.3 Å². The molecule has 8 nitrogen and oxygen atoms in total. The molecule has 2 aromatic heterocycles. The van der Waals surface area contributed by atoms with E-state index >= 15 is 0 Å². The number of nitrogens with one attached hydrogen (secondary N) is 1. The van der Waals surface area contributed by atoms with Gasteiger partial charge in [-0.25, -0.2) is 4.98 Å². The Bertz CT molecular complexity index is 1200. The number of hydrogen-bond acceptors (Lipinski definition) is 7. The number of rotatable bonds is 7. The summed E-state index contributed by atoms with van der Waals surface area (Å²) in [6.45, 7) is 3.82. The predicted molar refractivity (Wildman–Crippen MR) is 120 cm³/mol. The minimum Gasteiger partial charge on any atom is -0.497 e. The molecular formula is C22H24N4O4S. The van der Waals surface area contributed by atoms with Crippen LogP contribution >= 0.6 is 11.8 Å². The highest BCUT2D eigenvalue weighted by molar-refractivity contribution is 7.99. The molecule has 0 saturated heterocycles. The summed E-state index contributed by atoms with van der Waals surface area (Å²) in [4.78, 5) is 34.2. The molecule has 1 amide bonds. The number of ether oxygens (including phenoxy) is 2. The smallest absolute Gasteiger partial charge is 0.283 e. The van der Waals surface area contributed by atoms with Crippen molar-refractivity contribution >= 4 is 34.4 Å². The van der Waals surface area contributed by atoms with Crippen molar-refractivity contribution in [1.29, 1.82) is 0 Å². The van der Waals surface area contributed by atoms with Crippen molar-refractivity contribution in [2.24, 2.45) is 0 Å². The first-order valence-electron chi connectivity index (χ1n) is 9.96. The Morgan fingerprint density at radius 1 is 1.13 bits per heavy atom. The van der Waals surface area contributed by atoms with Crippen molar-refractivity contribution in [1.82, 2.24) is 14.5 Å². The maximum absolute atomic E-state index is 12.7. The number of amides is 1. The number of carbonyl (C=O) groups is 1. The molecule has 0 spiro atoms. The Morgan fingerprint density at radius 3 is 2.42 bits per heavy atom. The maximum Gasteiger partial charge on any atom is 0.283 e. The van der Waals surface area contributed by atoms with Crippen molar-refractivity contribution in [2.45, 2.75) is 37.9 Å². The lowest BCUT2D eigenvalue weighted by atomic mass is 10.2. The molecule has 3 aromatic rings. The van der Waals surface area contributed by atoms with E-state index in [1.54, 1.807) is 32.4 Å². The second kappa shape index (κ2) is 8.58. The highest BCUT2D eigenvalue weighted by atomic mass is 32.2. The molecule has 0 unspecified atom stereocenters. The molecule has 1 aliphatic carbocycles. The zero-order chi connectivity index (χ0) is 22.1. The van der Waals surface area contributed by atoms with Crippen LogP contribution in [0.4, 0.5) is 5.69 Å². The maximum atomic E-state index is 12.7. The Balaban J connectivity index is 1.59. The molecule has 31 heavy (non-hydrogen) atoms. The van der Waals surface area contributed by atoms with Crippen molar-refractivity contribution < 1.29 is 14.3 Å². The average Bonchev–Trinajstić information content (AvgIpc) is 3.56. The fourth-order valence-electron chi connectivity index (χ4n) is 3.51. The van der Waals surface area contributed by atoms with Gasteiger partial charge in [-0.05, 0) is 38.3 Å². The number of aromatic nitrogens is 3. The standard InChI is InChI=1S/C22H24N4O4S/c1-12-7-13(2)23-20-19(12)21(28)25-22(26(20)15-5-6-15)31-11-18(27)24-14-8-16(29-3)10-17(9-14)30-4/h7-10,15H,5-6,11H2,1-4H3,(H,24,27). The highest BCUT2D eigenvalue weighted by Crippen LogP contribution is 2.39. The number of thioether (sulfide) groups is 1. The van der Waals surface area contributed by atoms with Gasteiger partial charge in [0.1, 0.15) is 17.1 Å². The van der Waals surface area contributed by atoms with E-state index in [9.17, 15) is 9.59 Å². The van der Waals surface area contributed by atoms with Gasteiger partial charge in [0, 0.05) is 35.6 Å². The lowest BCUT2D eigenvalue weighted by Gasteiger charge is -2.15. The fraction of sp³-hybridized carbons (Fsp3) is 0.364. The van der Waals surface area contributed by atoms with E-state index in [1.807, 2.05) is 24.5 Å². The summed E-state index contributed by atoms with van der Waals surface area (Å²) in [5, 5.41) is 3.92. The Kier molecular flexibility index (Phi) is 5.86. The van der Waals surface area contributed by atoms with Crippen LogP contribution in [0.5, 0.6) is 11.5 Å². The molecule has 1 aromatic carbocycles. The van der Waals surface area contributed by atoms with E-state index in [4.69, 9.17) is 9.47 Å². The molecule has 9 heteroatoms. The first-order valence-corrected chi connectivity index (χ1v) is 10.9. The minimum atomic E-state index is -0.308. The SMILES string of the molecule is COc1cc(NC(=O)CSc2nc(=O)c3c(C)cc(C)nc3n2C2CC2)cc(OC)c1. The van der Waals surface area contributed by atoms with Crippen LogP contribution in [0.1, 0.15) is 30.1 Å². The third-order valence-corrected chi connectivity index (χ3v) is 6.00. The molecule has 1 aliphatic rings. The number of anilines is 1. The average molecular weight is 441 g/mol. The van der Waals surface area contributed by atoms with Crippen molar-refractivity contribution in [2.75, 3.05) is 25.3 Å². The summed E-state index contributed by atoms with van der Waals surface area (Å²) < 4.78 is 12.5. The number of hydrogen-bond donors (Lipinski definition) is 1. The van der Waals surface area contributed by atoms with Crippen LogP contribution in [-0.2, 0) is 4.79 Å². The van der Waals surface area contributed by atoms with E-state index in [1.165, 1.54) is 11.8 Å². The van der Waals surface area contributed by atoms with Crippen molar-refractivity contribution in [3.8, 4) is 11.5 Å². The molecule has 0 bridgehead atoms. The minimum absolute atomic E-state index is 0.106. The van der Waals surface area contributed by atoms with Gasteiger partial charge in [-0.3, -0.25) is 9.59 Å². The first-order chi connectivity index (χ1) is 14.9. The second-order valence-corrected chi connectivity index (χ2v) is 8.46. The van der Waals surface area contributed by atoms with E-state index < -0.39 is 0 Å². The van der Waals surface area contributed by atoms with Gasteiger partial charge in [-0.15, -0.1) is 0 Å². The lowest BCUT2D eigenvalue weighted by molar-refractivity contribution is -0.113. The molecule has 1 saturated carbocycles. The van der Waals surface area contributed by atoms with Crippen LogP contribution in [0.3, 0.4) is 0 Å². The number of aryl methyl sites for hydroxylation is 2. The van der Waals surface area contributed by atoms with Gasteiger partial charge < -0.3 is 19.4 Å². The number of fused-ring (bicyclic) bond motifs is 1. The molecule has 2 heterocycles. The number of nitrogens with zero attached hydrogens (tertiary/aromatic N) is 3. The predicted octanol–water partition coefficient (Wildman–Crippen LogP) is 3.49. The fourth-order valence-corrected chi connectivity index (χ4v) is 4.37. The molecular weight excluding hydrogens is 416 g/mol. The van der Waals surface area contributed by atoms with Crippen LogP contribution in [0.2, 0.25) is 0 Å². The molecule has 0 radical (unpaired) electrons. The molecule has 0 atom stereocenters. The molecule has 1 fully saturated rings. The van der Waals surface area contributed by atoms with Gasteiger partial charge in [0.2, 0.25) is 5.91 Å². The van der Waals surface area contributed by atoms with Crippen LogP contribution in [0.15, 0.2) is 34.2 Å². The third kappa shape index (κ3) is 4.51. The lowest BCUT2D eigenvalue weighted by Crippen LogP contribution is -2.20. The molecule has 162 valence electrons. The summed E-state index contributed by atoms with van der Waals surface area (Å²) in [6, 6.07) is 7.32. The zero-order valence-electron chi connectivity index (χ0n) is 17.9. The monoisotopic (exact) mass is 440 g/mol. The Hall–Kier alpha value is -3.07. The first kappa shape index (κ1) is 21.2. The summed E-state index contributed by atoms with van der Waals surface area (Å²) in [7, 11) is 3.10. The largest absolute Gasteiger partial charge is 0.497 e. The zero-order valence-corrected chi connectivity index (χ0v) is 18.7. The van der Waals surface area contributed by atoms with Gasteiger partial charge in [0.15, 0.2) is 5.16 Å². The third-order valence-electron chi connectivity index (χ3n) is 5.05. The van der Waals surface area contributed by atoms with Crippen LogP contribution < -0.4 is 20.3 Å². The quantitative estimate of drug-likeness (QED) is 0.444. The normalized spacial score (nSPS) is 13.3. The van der Waals surface area contributed by atoms with Crippen LogP contribution in [0, 0.1) is 13.8 Å². The molecule has 1 N–H and O–H groups in total. The summed E-state index contributed by atoms with van der Waals surface area (Å²) in [5.41, 5.74) is 2.64. The molecule has 4 rings (SSSR count). The van der Waals surface area contributed by atoms with E-state index in [-0.39, 0.29) is 23.3 Å². The second-order valence-electron chi connectivity index (χ2n) is 7.52. The van der Waals surface area contributed by atoms with Gasteiger partial charge in [-0.2, -0.15) is 4.98 Å². The van der Waals surface area contributed by atoms with E-state index in [0.717, 1.165) is 24.1 Å². The highest BCUT2D eigenvalue weighted by Gasteiger charge is 2.29. The number of pyridine rings is 1. The van der Waals surface area contributed by atoms with Gasteiger partial charge in [0.25, 0.3) is 5.56 Å². The van der Waals surface area contributed by atoms with Crippen molar-refractivity contribution in [3.63, 3.8) is 0 Å². The van der Waals surface area contributed by atoms with Crippen LogP contribution in [-0.4, -0.2) is 40.4 Å². The summed E-state index contributed by atoms with van der Waals surface area (Å²) in [5.74, 6) is 1.05. The van der Waals surface area contributed by atoms with Crippen molar-refractivity contribution in [3.05, 3.63) is 45.9 Å².